The van der Waals surface area contributed by atoms with Gasteiger partial charge in [0.2, 0.25) is 5.95 Å². The molecule has 0 unspecified atom stereocenters. The zero-order chi connectivity index (χ0) is 10.7. The van der Waals surface area contributed by atoms with Crippen molar-refractivity contribution in [2.75, 3.05) is 0 Å². The standard InChI is InChI=1S/C10H9FN2OS/c1-7-13-8(6-15-7)5-14-9-2-3-12-10(11)4-9/h2-4,6H,5H2,1H3. The fourth-order valence-corrected chi connectivity index (χ4v) is 1.70. The molecule has 0 saturated carbocycles. The molecule has 2 rings (SSSR count). The van der Waals surface area contributed by atoms with Gasteiger partial charge in [-0.1, -0.05) is 0 Å². The number of thiazole rings is 1. The highest BCUT2D eigenvalue weighted by molar-refractivity contribution is 7.09. The number of rotatable bonds is 3. The third-order valence-corrected chi connectivity index (χ3v) is 2.57. The van der Waals surface area contributed by atoms with Gasteiger partial charge in [0.1, 0.15) is 12.4 Å². The summed E-state index contributed by atoms with van der Waals surface area (Å²) in [6.45, 7) is 2.29. The van der Waals surface area contributed by atoms with E-state index in [0.29, 0.717) is 12.4 Å². The first-order valence-corrected chi connectivity index (χ1v) is 5.27. The topological polar surface area (TPSA) is 35.0 Å². The highest BCUT2D eigenvalue weighted by Crippen LogP contribution is 2.14. The average Bonchev–Trinajstić information content (AvgIpc) is 2.62. The Labute approximate surface area is 90.6 Å². The summed E-state index contributed by atoms with van der Waals surface area (Å²) in [6, 6.07) is 2.86. The number of ether oxygens (including phenoxy) is 1. The van der Waals surface area contributed by atoms with Gasteiger partial charge in [0.15, 0.2) is 0 Å². The maximum absolute atomic E-state index is 12.7. The lowest BCUT2D eigenvalue weighted by molar-refractivity contribution is 0.299. The summed E-state index contributed by atoms with van der Waals surface area (Å²) in [5, 5.41) is 2.92. The number of hydrogen-bond acceptors (Lipinski definition) is 4. The van der Waals surface area contributed by atoms with Gasteiger partial charge in [0, 0.05) is 17.6 Å². The molecule has 0 aromatic carbocycles. The molecule has 5 heteroatoms. The van der Waals surface area contributed by atoms with Crippen LogP contribution in [0.25, 0.3) is 0 Å². The first-order valence-electron chi connectivity index (χ1n) is 4.39. The first-order chi connectivity index (χ1) is 7.24. The van der Waals surface area contributed by atoms with E-state index < -0.39 is 5.95 Å². The maximum atomic E-state index is 12.7. The van der Waals surface area contributed by atoms with Crippen LogP contribution in [0.4, 0.5) is 4.39 Å². The van der Waals surface area contributed by atoms with Crippen molar-refractivity contribution >= 4 is 11.3 Å². The maximum Gasteiger partial charge on any atom is 0.216 e. The van der Waals surface area contributed by atoms with Crippen LogP contribution >= 0.6 is 11.3 Å². The van der Waals surface area contributed by atoms with Crippen molar-refractivity contribution in [3.05, 3.63) is 40.4 Å². The molecule has 0 saturated heterocycles. The average molecular weight is 224 g/mol. The summed E-state index contributed by atoms with van der Waals surface area (Å²) < 4.78 is 18.0. The Hall–Kier alpha value is -1.49. The Morgan fingerprint density at radius 1 is 1.53 bits per heavy atom. The zero-order valence-electron chi connectivity index (χ0n) is 8.11. The fraction of sp³-hybridized carbons (Fsp3) is 0.200. The molecule has 0 atom stereocenters. The molecule has 0 N–H and O–H groups in total. The summed E-state index contributed by atoms with van der Waals surface area (Å²) in [4.78, 5) is 7.67. The fourth-order valence-electron chi connectivity index (χ4n) is 1.11. The molecule has 2 heterocycles. The Kier molecular flexibility index (Phi) is 2.91. The molecule has 0 bridgehead atoms. The molecule has 3 nitrogen and oxygen atoms in total. The quantitative estimate of drug-likeness (QED) is 0.751. The number of pyridine rings is 1. The molecule has 0 amide bonds. The van der Waals surface area contributed by atoms with E-state index in [1.165, 1.54) is 12.3 Å². The minimum atomic E-state index is -0.540. The van der Waals surface area contributed by atoms with Crippen molar-refractivity contribution in [1.82, 2.24) is 9.97 Å². The largest absolute Gasteiger partial charge is 0.487 e. The Morgan fingerprint density at radius 3 is 3.07 bits per heavy atom. The molecule has 2 aromatic heterocycles. The minimum absolute atomic E-state index is 0.355. The van der Waals surface area contributed by atoms with Crippen LogP contribution in [0.5, 0.6) is 5.75 Å². The molecular formula is C10H9FN2OS. The van der Waals surface area contributed by atoms with Gasteiger partial charge >= 0.3 is 0 Å². The zero-order valence-corrected chi connectivity index (χ0v) is 8.92. The third-order valence-electron chi connectivity index (χ3n) is 1.75. The number of aromatic nitrogens is 2. The van der Waals surface area contributed by atoms with E-state index in [0.717, 1.165) is 10.7 Å². The van der Waals surface area contributed by atoms with E-state index in [1.54, 1.807) is 17.4 Å². The highest BCUT2D eigenvalue weighted by atomic mass is 32.1. The second-order valence-corrected chi connectivity index (χ2v) is 4.02. The van der Waals surface area contributed by atoms with Crippen molar-refractivity contribution in [3.63, 3.8) is 0 Å². The molecule has 0 fully saturated rings. The van der Waals surface area contributed by atoms with Crippen molar-refractivity contribution in [1.29, 1.82) is 0 Å². The lowest BCUT2D eigenvalue weighted by atomic mass is 10.4. The van der Waals surface area contributed by atoms with Crippen molar-refractivity contribution in [3.8, 4) is 5.75 Å². The number of nitrogens with zero attached hydrogens (tertiary/aromatic N) is 2. The van der Waals surface area contributed by atoms with Gasteiger partial charge in [0.05, 0.1) is 10.7 Å². The van der Waals surface area contributed by atoms with Crippen LogP contribution < -0.4 is 4.74 Å². The van der Waals surface area contributed by atoms with E-state index >= 15 is 0 Å². The molecule has 0 aliphatic carbocycles. The first kappa shape index (κ1) is 10.0. The summed E-state index contributed by atoms with van der Waals surface area (Å²) in [7, 11) is 0. The molecule has 78 valence electrons. The molecule has 0 aliphatic rings. The molecule has 0 spiro atoms. The molecule has 0 radical (unpaired) electrons. The monoisotopic (exact) mass is 224 g/mol. The number of halogens is 1. The van der Waals surface area contributed by atoms with Gasteiger partial charge in [-0.05, 0) is 13.0 Å². The van der Waals surface area contributed by atoms with E-state index in [9.17, 15) is 4.39 Å². The van der Waals surface area contributed by atoms with Gasteiger partial charge in [-0.3, -0.25) is 0 Å². The molecule has 2 aromatic rings. The Balaban J connectivity index is 1.99. The summed E-state index contributed by atoms with van der Waals surface area (Å²) in [5.74, 6) is -0.0740. The van der Waals surface area contributed by atoms with Gasteiger partial charge in [-0.25, -0.2) is 9.97 Å². The predicted molar refractivity (Wildman–Crippen MR) is 55.4 cm³/mol. The van der Waals surface area contributed by atoms with Crippen molar-refractivity contribution in [2.24, 2.45) is 0 Å². The number of aryl methyl sites for hydroxylation is 1. The lowest BCUT2D eigenvalue weighted by Gasteiger charge is -2.02. The van der Waals surface area contributed by atoms with Crippen LogP contribution in [-0.2, 0) is 6.61 Å². The van der Waals surface area contributed by atoms with Gasteiger partial charge in [-0.15, -0.1) is 11.3 Å². The van der Waals surface area contributed by atoms with Crippen LogP contribution in [0.1, 0.15) is 10.7 Å². The Morgan fingerprint density at radius 2 is 2.40 bits per heavy atom. The predicted octanol–water partition coefficient (Wildman–Crippen LogP) is 2.56. The molecule has 15 heavy (non-hydrogen) atoms. The summed E-state index contributed by atoms with van der Waals surface area (Å²) in [6.07, 6.45) is 1.37. The van der Waals surface area contributed by atoms with Crippen LogP contribution in [0, 0.1) is 12.9 Å². The highest BCUT2D eigenvalue weighted by Gasteiger charge is 2.00. The minimum Gasteiger partial charge on any atom is -0.487 e. The normalized spacial score (nSPS) is 10.3. The van der Waals surface area contributed by atoms with E-state index in [2.05, 4.69) is 9.97 Å². The van der Waals surface area contributed by atoms with E-state index in [4.69, 9.17) is 4.74 Å². The van der Waals surface area contributed by atoms with Gasteiger partial charge in [0.25, 0.3) is 0 Å². The third kappa shape index (κ3) is 2.73. The van der Waals surface area contributed by atoms with E-state index in [1.807, 2.05) is 12.3 Å². The second-order valence-electron chi connectivity index (χ2n) is 2.96. The lowest BCUT2D eigenvalue weighted by Crippen LogP contribution is -1.96. The van der Waals surface area contributed by atoms with Gasteiger partial charge in [-0.2, -0.15) is 4.39 Å². The number of hydrogen-bond donors (Lipinski definition) is 0. The van der Waals surface area contributed by atoms with Gasteiger partial charge < -0.3 is 4.74 Å². The summed E-state index contributed by atoms with van der Waals surface area (Å²) >= 11 is 1.57. The SMILES string of the molecule is Cc1nc(COc2ccnc(F)c2)cs1. The molecule has 0 aliphatic heterocycles. The van der Waals surface area contributed by atoms with Crippen LogP contribution in [0.2, 0.25) is 0 Å². The second kappa shape index (κ2) is 4.35. The summed E-state index contributed by atoms with van der Waals surface area (Å²) in [5.41, 5.74) is 0.856. The van der Waals surface area contributed by atoms with E-state index in [-0.39, 0.29) is 0 Å². The van der Waals surface area contributed by atoms with Crippen molar-refractivity contribution in [2.45, 2.75) is 13.5 Å². The van der Waals surface area contributed by atoms with Crippen molar-refractivity contribution < 1.29 is 9.13 Å². The Bertz CT molecular complexity index is 458. The van der Waals surface area contributed by atoms with Crippen LogP contribution in [-0.4, -0.2) is 9.97 Å². The van der Waals surface area contributed by atoms with Crippen LogP contribution in [0.15, 0.2) is 23.7 Å². The smallest absolute Gasteiger partial charge is 0.216 e. The van der Waals surface area contributed by atoms with Crippen LogP contribution in [0.3, 0.4) is 0 Å². The molecular weight excluding hydrogens is 215 g/mol.